The van der Waals surface area contributed by atoms with Crippen molar-refractivity contribution in [2.45, 2.75) is 13.0 Å². The molecule has 5 rings (SSSR count). The zero-order valence-electron chi connectivity index (χ0n) is 19.5. The molecule has 0 aliphatic carbocycles. The Kier molecular flexibility index (Phi) is 6.42. The van der Waals surface area contributed by atoms with Crippen LogP contribution in [0.5, 0.6) is 0 Å². The second-order valence-electron chi connectivity index (χ2n) is 8.88. The first kappa shape index (κ1) is 23.6. The van der Waals surface area contributed by atoms with Crippen molar-refractivity contribution in [3.05, 3.63) is 104 Å². The maximum atomic E-state index is 13.6. The predicted molar refractivity (Wildman–Crippen MR) is 138 cm³/mol. The third-order valence-electron chi connectivity index (χ3n) is 6.67. The van der Waals surface area contributed by atoms with Gasteiger partial charge in [-0.05, 0) is 70.4 Å². The van der Waals surface area contributed by atoms with Crippen molar-refractivity contribution < 1.29 is 8.78 Å². The van der Waals surface area contributed by atoms with Gasteiger partial charge >= 0.3 is 0 Å². The van der Waals surface area contributed by atoms with E-state index in [-0.39, 0.29) is 23.2 Å². The van der Waals surface area contributed by atoms with Gasteiger partial charge in [0.25, 0.3) is 5.56 Å². The summed E-state index contributed by atoms with van der Waals surface area (Å²) >= 11 is 3.54. The summed E-state index contributed by atoms with van der Waals surface area (Å²) in [5, 5.41) is 0. The zero-order chi connectivity index (χ0) is 24.7. The van der Waals surface area contributed by atoms with Crippen LogP contribution in [-0.2, 0) is 7.05 Å². The second kappa shape index (κ2) is 9.51. The molecule has 5 nitrogen and oxygen atoms in total. The monoisotopic (exact) mass is 538 g/mol. The topological polar surface area (TPSA) is 41.4 Å². The number of nitrogens with zero attached hydrogens (tertiary/aromatic N) is 4. The highest BCUT2D eigenvalue weighted by Gasteiger charge is 2.29. The number of pyridine rings is 2. The van der Waals surface area contributed by atoms with Gasteiger partial charge in [-0.25, -0.2) is 13.8 Å². The van der Waals surface area contributed by atoms with Crippen molar-refractivity contribution in [1.29, 1.82) is 0 Å². The van der Waals surface area contributed by atoms with Gasteiger partial charge in [-0.15, -0.1) is 0 Å². The Bertz CT molecular complexity index is 1380. The predicted octanol–water partition coefficient (Wildman–Crippen LogP) is 5.19. The quantitative estimate of drug-likeness (QED) is 0.358. The molecule has 4 aromatic rings. The summed E-state index contributed by atoms with van der Waals surface area (Å²) in [4.78, 5) is 22.2. The number of hydrogen-bond donors (Lipinski definition) is 0. The number of aromatic nitrogens is 2. The molecule has 0 N–H and O–H groups in total. The number of fused-ring (bicyclic) bond motifs is 1. The SMILES string of the molecule is Cc1ccc2c(n1)c(N1CCN(C(c3ccc(F)cc3)c3ccc(F)cc3)CC1)c(Br)c(=O)n2C. The molecule has 1 aliphatic rings. The van der Waals surface area contributed by atoms with Crippen LogP contribution in [0.1, 0.15) is 22.9 Å². The van der Waals surface area contributed by atoms with Crippen LogP contribution in [0.15, 0.2) is 69.9 Å². The van der Waals surface area contributed by atoms with Gasteiger partial charge in [0, 0.05) is 38.9 Å². The minimum absolute atomic E-state index is 0.101. The number of aryl methyl sites for hydroxylation is 2. The van der Waals surface area contributed by atoms with Crippen LogP contribution in [-0.4, -0.2) is 40.6 Å². The van der Waals surface area contributed by atoms with Crippen molar-refractivity contribution in [3.63, 3.8) is 0 Å². The molecule has 1 aliphatic heterocycles. The van der Waals surface area contributed by atoms with E-state index in [2.05, 4.69) is 25.7 Å². The molecule has 0 unspecified atom stereocenters. The van der Waals surface area contributed by atoms with Gasteiger partial charge in [-0.3, -0.25) is 9.69 Å². The number of piperazine rings is 1. The molecule has 0 spiro atoms. The fourth-order valence-corrected chi connectivity index (χ4v) is 5.56. The van der Waals surface area contributed by atoms with E-state index in [1.807, 2.05) is 19.1 Å². The van der Waals surface area contributed by atoms with Crippen LogP contribution >= 0.6 is 15.9 Å². The minimum atomic E-state index is -0.290. The first-order valence-electron chi connectivity index (χ1n) is 11.5. The molecule has 8 heteroatoms. The molecule has 0 atom stereocenters. The van der Waals surface area contributed by atoms with Crippen LogP contribution < -0.4 is 10.5 Å². The van der Waals surface area contributed by atoms with Crippen LogP contribution in [0.2, 0.25) is 0 Å². The van der Waals surface area contributed by atoms with E-state index >= 15 is 0 Å². The van der Waals surface area contributed by atoms with Gasteiger partial charge in [0.2, 0.25) is 0 Å². The molecule has 35 heavy (non-hydrogen) atoms. The fraction of sp³-hybridized carbons (Fsp3) is 0.259. The maximum absolute atomic E-state index is 13.6. The van der Waals surface area contributed by atoms with Crippen molar-refractivity contribution in [1.82, 2.24) is 14.5 Å². The van der Waals surface area contributed by atoms with Crippen molar-refractivity contribution >= 4 is 32.7 Å². The Morgan fingerprint density at radius 1 is 0.857 bits per heavy atom. The summed E-state index contributed by atoms with van der Waals surface area (Å²) in [5.41, 5.74) is 5.07. The van der Waals surface area contributed by atoms with Gasteiger partial charge in [0.1, 0.15) is 21.6 Å². The largest absolute Gasteiger partial charge is 0.366 e. The summed E-state index contributed by atoms with van der Waals surface area (Å²) < 4.78 is 29.4. The lowest BCUT2D eigenvalue weighted by Crippen LogP contribution is -2.48. The first-order chi connectivity index (χ1) is 16.8. The van der Waals surface area contributed by atoms with Crippen molar-refractivity contribution in [2.75, 3.05) is 31.1 Å². The summed E-state index contributed by atoms with van der Waals surface area (Å²) in [6.07, 6.45) is 0. The van der Waals surface area contributed by atoms with Gasteiger partial charge < -0.3 is 9.47 Å². The molecular formula is C27H25BrF2N4O. The molecule has 3 heterocycles. The first-order valence-corrected chi connectivity index (χ1v) is 12.3. The van der Waals surface area contributed by atoms with E-state index in [9.17, 15) is 13.6 Å². The van der Waals surface area contributed by atoms with Crippen LogP contribution in [0.4, 0.5) is 14.5 Å². The van der Waals surface area contributed by atoms with E-state index in [4.69, 9.17) is 4.98 Å². The number of benzene rings is 2. The molecule has 0 amide bonds. The van der Waals surface area contributed by atoms with Gasteiger partial charge in [-0.1, -0.05) is 24.3 Å². The highest BCUT2D eigenvalue weighted by atomic mass is 79.9. The lowest BCUT2D eigenvalue weighted by molar-refractivity contribution is 0.212. The van der Waals surface area contributed by atoms with Crippen LogP contribution in [0.25, 0.3) is 11.0 Å². The Labute approximate surface area is 210 Å². The third-order valence-corrected chi connectivity index (χ3v) is 7.38. The zero-order valence-corrected chi connectivity index (χ0v) is 21.1. The molecule has 0 bridgehead atoms. The molecule has 0 saturated carbocycles. The lowest BCUT2D eigenvalue weighted by atomic mass is 9.96. The standard InChI is InChI=1S/C27H25BrF2N4O/c1-17-3-12-22-24(31-17)26(23(28)27(35)32(22)2)34-15-13-33(14-16-34)25(18-4-8-20(29)9-5-18)19-6-10-21(30)11-7-19/h3-12,25H,13-16H2,1-2H3. The highest BCUT2D eigenvalue weighted by Crippen LogP contribution is 2.34. The lowest BCUT2D eigenvalue weighted by Gasteiger charge is -2.41. The number of hydrogen-bond acceptors (Lipinski definition) is 4. The smallest absolute Gasteiger partial charge is 0.267 e. The Hall–Kier alpha value is -3.10. The second-order valence-corrected chi connectivity index (χ2v) is 9.67. The normalized spacial score (nSPS) is 14.7. The maximum Gasteiger partial charge on any atom is 0.267 e. The Morgan fingerprint density at radius 3 is 1.94 bits per heavy atom. The van der Waals surface area contributed by atoms with Crippen molar-refractivity contribution in [2.24, 2.45) is 7.05 Å². The van der Waals surface area contributed by atoms with Crippen LogP contribution in [0.3, 0.4) is 0 Å². The number of halogens is 3. The third kappa shape index (κ3) is 4.48. The van der Waals surface area contributed by atoms with E-state index in [0.29, 0.717) is 30.7 Å². The van der Waals surface area contributed by atoms with Crippen molar-refractivity contribution in [3.8, 4) is 0 Å². The van der Waals surface area contributed by atoms with E-state index in [1.54, 1.807) is 35.9 Å². The number of rotatable bonds is 4. The summed E-state index contributed by atoms with van der Waals surface area (Å²) in [7, 11) is 1.75. The Balaban J connectivity index is 1.49. The van der Waals surface area contributed by atoms with Gasteiger partial charge in [-0.2, -0.15) is 0 Å². The molecule has 1 fully saturated rings. The summed E-state index contributed by atoms with van der Waals surface area (Å²) in [5.74, 6) is -0.580. The molecule has 2 aromatic carbocycles. The van der Waals surface area contributed by atoms with Gasteiger partial charge in [0.05, 0.1) is 17.2 Å². The molecular weight excluding hydrogens is 514 g/mol. The fourth-order valence-electron chi connectivity index (χ4n) is 4.85. The Morgan fingerprint density at radius 2 is 1.40 bits per heavy atom. The molecule has 2 aromatic heterocycles. The summed E-state index contributed by atoms with van der Waals surface area (Å²) in [6, 6.07) is 16.7. The van der Waals surface area contributed by atoms with Gasteiger partial charge in [0.15, 0.2) is 0 Å². The molecule has 1 saturated heterocycles. The molecule has 180 valence electrons. The van der Waals surface area contributed by atoms with E-state index in [1.165, 1.54) is 24.3 Å². The van der Waals surface area contributed by atoms with E-state index < -0.39 is 0 Å². The minimum Gasteiger partial charge on any atom is -0.366 e. The van der Waals surface area contributed by atoms with Crippen LogP contribution in [0, 0.1) is 18.6 Å². The highest BCUT2D eigenvalue weighted by molar-refractivity contribution is 9.10. The number of anilines is 1. The average Bonchev–Trinajstić information content (AvgIpc) is 2.86. The van der Waals surface area contributed by atoms with E-state index in [0.717, 1.165) is 33.5 Å². The average molecular weight is 539 g/mol. The summed E-state index contributed by atoms with van der Waals surface area (Å²) in [6.45, 7) is 4.70. The molecule has 0 radical (unpaired) electrons.